The van der Waals surface area contributed by atoms with E-state index in [0.717, 1.165) is 18.5 Å². The first kappa shape index (κ1) is 14.3. The smallest absolute Gasteiger partial charge is 0.319 e. The molecule has 1 saturated carbocycles. The number of carboxylic acid groups (broad SMARTS) is 1. The molecule has 1 aromatic heterocycles. The van der Waals surface area contributed by atoms with Crippen molar-refractivity contribution >= 4 is 17.7 Å². The molecule has 1 heterocycles. The van der Waals surface area contributed by atoms with Gasteiger partial charge in [-0.05, 0) is 38.3 Å². The molecule has 1 aliphatic carbocycles. The van der Waals surface area contributed by atoms with E-state index in [1.165, 1.54) is 0 Å². The van der Waals surface area contributed by atoms with Crippen LogP contribution in [-0.2, 0) is 4.79 Å². The second-order valence-electron chi connectivity index (χ2n) is 5.13. The van der Waals surface area contributed by atoms with E-state index in [-0.39, 0.29) is 18.0 Å². The maximum absolute atomic E-state index is 11.9. The second-order valence-corrected chi connectivity index (χ2v) is 5.13. The van der Waals surface area contributed by atoms with E-state index < -0.39 is 5.97 Å². The lowest BCUT2D eigenvalue weighted by atomic mass is 9.86. The number of nitrogens with one attached hydrogen (secondary N) is 2. The fourth-order valence-corrected chi connectivity index (χ4v) is 2.51. The normalized spacial score (nSPS) is 22.1. The number of pyridine rings is 1. The Bertz CT molecular complexity index is 504. The van der Waals surface area contributed by atoms with Crippen LogP contribution in [0.3, 0.4) is 0 Å². The highest BCUT2D eigenvalue weighted by molar-refractivity contribution is 5.90. The number of carboxylic acids is 1. The number of aromatic nitrogens is 1. The molecule has 20 heavy (non-hydrogen) atoms. The molecule has 0 spiro atoms. The molecule has 0 aromatic carbocycles. The van der Waals surface area contributed by atoms with Gasteiger partial charge in [-0.1, -0.05) is 6.42 Å². The number of nitrogens with zero attached hydrogens (tertiary/aromatic N) is 1. The van der Waals surface area contributed by atoms with Crippen molar-refractivity contribution in [1.29, 1.82) is 0 Å². The maximum atomic E-state index is 11.9. The van der Waals surface area contributed by atoms with Crippen LogP contribution in [0.25, 0.3) is 0 Å². The summed E-state index contributed by atoms with van der Waals surface area (Å²) in [6, 6.07) is 3.14. The molecule has 6 heteroatoms. The molecule has 3 N–H and O–H groups in total. The first-order chi connectivity index (χ1) is 9.56. The quantitative estimate of drug-likeness (QED) is 0.789. The Kier molecular flexibility index (Phi) is 4.55. The van der Waals surface area contributed by atoms with E-state index in [4.69, 9.17) is 5.11 Å². The van der Waals surface area contributed by atoms with Gasteiger partial charge in [-0.2, -0.15) is 0 Å². The number of carbonyl (C=O) groups is 2. The van der Waals surface area contributed by atoms with Gasteiger partial charge in [0.2, 0.25) is 0 Å². The van der Waals surface area contributed by atoms with Crippen LogP contribution >= 0.6 is 0 Å². The summed E-state index contributed by atoms with van der Waals surface area (Å²) in [5.41, 5.74) is 1.41. The highest BCUT2D eigenvalue weighted by atomic mass is 16.4. The van der Waals surface area contributed by atoms with E-state index in [9.17, 15) is 9.59 Å². The number of aliphatic carboxylic acids is 1. The average molecular weight is 277 g/mol. The first-order valence-corrected chi connectivity index (χ1v) is 6.78. The Morgan fingerprint density at radius 3 is 2.90 bits per heavy atom. The Morgan fingerprint density at radius 2 is 2.20 bits per heavy atom. The number of anilines is 1. The molecule has 0 saturated heterocycles. The van der Waals surface area contributed by atoms with Crippen LogP contribution in [0.5, 0.6) is 0 Å². The Hall–Kier alpha value is -2.11. The van der Waals surface area contributed by atoms with Crippen LogP contribution in [-0.4, -0.2) is 28.1 Å². The molecule has 108 valence electrons. The van der Waals surface area contributed by atoms with Crippen molar-refractivity contribution in [2.45, 2.75) is 38.6 Å². The standard InChI is InChI=1S/C14H19N3O3/c1-9-12(6-3-7-15-9)17-14(20)16-11-5-2-4-10(8-11)13(18)19/h3,6-7,10-11H,2,4-5,8H2,1H3,(H,18,19)(H2,16,17,20). The van der Waals surface area contributed by atoms with E-state index >= 15 is 0 Å². The maximum Gasteiger partial charge on any atom is 0.319 e. The predicted octanol–water partition coefficient (Wildman–Crippen LogP) is 2.15. The van der Waals surface area contributed by atoms with Gasteiger partial charge in [0.05, 0.1) is 17.3 Å². The van der Waals surface area contributed by atoms with Gasteiger partial charge in [-0.25, -0.2) is 4.79 Å². The van der Waals surface area contributed by atoms with E-state index in [1.54, 1.807) is 18.3 Å². The minimum atomic E-state index is -0.778. The Labute approximate surface area is 117 Å². The average Bonchev–Trinajstić information content (AvgIpc) is 2.41. The highest BCUT2D eigenvalue weighted by Gasteiger charge is 2.27. The summed E-state index contributed by atoms with van der Waals surface area (Å²) in [4.78, 5) is 27.0. The molecule has 1 aromatic rings. The zero-order valence-electron chi connectivity index (χ0n) is 11.4. The van der Waals surface area contributed by atoms with Gasteiger partial charge in [0.1, 0.15) is 0 Å². The third-order valence-electron chi connectivity index (χ3n) is 3.61. The summed E-state index contributed by atoms with van der Waals surface area (Å²) in [5, 5.41) is 14.6. The molecule has 2 unspecified atom stereocenters. The molecule has 2 amide bonds. The lowest BCUT2D eigenvalue weighted by molar-refractivity contribution is -0.143. The van der Waals surface area contributed by atoms with Gasteiger partial charge in [0, 0.05) is 12.2 Å². The molecule has 0 aliphatic heterocycles. The Morgan fingerprint density at radius 1 is 1.40 bits per heavy atom. The summed E-state index contributed by atoms with van der Waals surface area (Å²) in [6.45, 7) is 1.82. The predicted molar refractivity (Wildman–Crippen MR) is 74.5 cm³/mol. The van der Waals surface area contributed by atoms with Crippen LogP contribution < -0.4 is 10.6 Å². The zero-order valence-corrected chi connectivity index (χ0v) is 11.4. The molecule has 1 aliphatic rings. The van der Waals surface area contributed by atoms with Crippen molar-refractivity contribution in [3.8, 4) is 0 Å². The fraction of sp³-hybridized carbons (Fsp3) is 0.500. The highest BCUT2D eigenvalue weighted by Crippen LogP contribution is 2.24. The molecule has 2 atom stereocenters. The SMILES string of the molecule is Cc1ncccc1NC(=O)NC1CCCC(C(=O)O)C1. The van der Waals surface area contributed by atoms with E-state index in [0.29, 0.717) is 18.5 Å². The van der Waals surface area contributed by atoms with Gasteiger partial charge >= 0.3 is 12.0 Å². The molecule has 2 rings (SSSR count). The number of aryl methyl sites for hydroxylation is 1. The largest absolute Gasteiger partial charge is 0.481 e. The number of urea groups is 1. The molecular formula is C14H19N3O3. The summed E-state index contributed by atoms with van der Waals surface area (Å²) in [6.07, 6.45) is 4.50. The van der Waals surface area contributed by atoms with E-state index in [2.05, 4.69) is 15.6 Å². The molecule has 0 bridgehead atoms. The van der Waals surface area contributed by atoms with Gasteiger partial charge in [0.15, 0.2) is 0 Å². The van der Waals surface area contributed by atoms with Crippen LogP contribution in [0.1, 0.15) is 31.4 Å². The topological polar surface area (TPSA) is 91.3 Å². The minimum absolute atomic E-state index is 0.0816. The molecular weight excluding hydrogens is 258 g/mol. The van der Waals surface area contributed by atoms with Crippen LogP contribution in [0.15, 0.2) is 18.3 Å². The molecule has 1 fully saturated rings. The van der Waals surface area contributed by atoms with Crippen molar-refractivity contribution in [3.05, 3.63) is 24.0 Å². The molecule has 0 radical (unpaired) electrons. The van der Waals surface area contributed by atoms with Crippen molar-refractivity contribution < 1.29 is 14.7 Å². The monoisotopic (exact) mass is 277 g/mol. The third-order valence-corrected chi connectivity index (χ3v) is 3.61. The van der Waals surface area contributed by atoms with Crippen molar-refractivity contribution in [2.75, 3.05) is 5.32 Å². The number of hydrogen-bond donors (Lipinski definition) is 3. The van der Waals surface area contributed by atoms with Gasteiger partial charge < -0.3 is 15.7 Å². The number of amides is 2. The second kappa shape index (κ2) is 6.36. The third kappa shape index (κ3) is 3.69. The van der Waals surface area contributed by atoms with Crippen LogP contribution in [0, 0.1) is 12.8 Å². The molecule has 6 nitrogen and oxygen atoms in total. The van der Waals surface area contributed by atoms with Gasteiger partial charge in [-0.15, -0.1) is 0 Å². The van der Waals surface area contributed by atoms with Crippen molar-refractivity contribution in [3.63, 3.8) is 0 Å². The Balaban J connectivity index is 1.88. The fourth-order valence-electron chi connectivity index (χ4n) is 2.51. The first-order valence-electron chi connectivity index (χ1n) is 6.78. The lowest BCUT2D eigenvalue weighted by Gasteiger charge is -2.27. The van der Waals surface area contributed by atoms with Crippen LogP contribution in [0.4, 0.5) is 10.5 Å². The van der Waals surface area contributed by atoms with Gasteiger partial charge in [-0.3, -0.25) is 9.78 Å². The van der Waals surface area contributed by atoms with Crippen molar-refractivity contribution in [1.82, 2.24) is 10.3 Å². The number of hydrogen-bond acceptors (Lipinski definition) is 3. The summed E-state index contributed by atoms with van der Waals surface area (Å²) < 4.78 is 0. The lowest BCUT2D eigenvalue weighted by Crippen LogP contribution is -2.42. The van der Waals surface area contributed by atoms with E-state index in [1.807, 2.05) is 6.92 Å². The van der Waals surface area contributed by atoms with Crippen LogP contribution in [0.2, 0.25) is 0 Å². The minimum Gasteiger partial charge on any atom is -0.481 e. The zero-order chi connectivity index (χ0) is 14.5. The number of rotatable bonds is 3. The van der Waals surface area contributed by atoms with Crippen molar-refractivity contribution in [2.24, 2.45) is 5.92 Å². The summed E-state index contributed by atoms with van der Waals surface area (Å²) in [7, 11) is 0. The van der Waals surface area contributed by atoms with Gasteiger partial charge in [0.25, 0.3) is 0 Å². The summed E-state index contributed by atoms with van der Waals surface area (Å²) >= 11 is 0. The number of carbonyl (C=O) groups excluding carboxylic acids is 1. The summed E-state index contributed by atoms with van der Waals surface area (Å²) in [5.74, 6) is -1.13.